The Balaban J connectivity index is 1.57. The van der Waals surface area contributed by atoms with Crippen LogP contribution in [0.2, 0.25) is 0 Å². The van der Waals surface area contributed by atoms with Crippen molar-refractivity contribution in [2.24, 2.45) is 5.41 Å². The zero-order valence-corrected chi connectivity index (χ0v) is 16.9. The quantitative estimate of drug-likeness (QED) is 0.731. The second kappa shape index (κ2) is 8.36. The molecule has 0 bridgehead atoms. The summed E-state index contributed by atoms with van der Waals surface area (Å²) in [5, 5.41) is 10.2. The first-order valence-corrected chi connectivity index (χ1v) is 10.8. The number of hydrogen-bond acceptors (Lipinski definition) is 5. The van der Waals surface area contributed by atoms with Crippen LogP contribution in [0.5, 0.6) is 0 Å². The molecule has 2 heterocycles. The van der Waals surface area contributed by atoms with E-state index in [9.17, 15) is 9.90 Å². The number of likely N-dealkylation sites (tertiary alicyclic amines) is 1. The number of furan rings is 1. The molecular weight excluding hydrogens is 350 g/mol. The van der Waals surface area contributed by atoms with Gasteiger partial charge in [-0.3, -0.25) is 4.79 Å². The van der Waals surface area contributed by atoms with Gasteiger partial charge in [0.05, 0.1) is 12.2 Å². The summed E-state index contributed by atoms with van der Waals surface area (Å²) in [6, 6.07) is 1.91. The number of aliphatic hydroxyl groups excluding tert-OH is 1. The SMILES string of the molecule is CCCCSCc1cc(C(=O)N2CCC3(CC2)[C@@H](O)C[C@H]3OC)oc1C. The van der Waals surface area contributed by atoms with Crippen LogP contribution in [-0.2, 0) is 10.5 Å². The fourth-order valence-electron chi connectivity index (χ4n) is 4.19. The van der Waals surface area contributed by atoms with Crippen LogP contribution in [-0.4, -0.2) is 54.1 Å². The molecule has 1 amide bonds. The number of ether oxygens (including phenoxy) is 1. The molecule has 146 valence electrons. The van der Waals surface area contributed by atoms with Gasteiger partial charge < -0.3 is 19.2 Å². The molecule has 1 spiro atoms. The highest BCUT2D eigenvalue weighted by molar-refractivity contribution is 7.98. The first kappa shape index (κ1) is 19.8. The maximum Gasteiger partial charge on any atom is 0.289 e. The van der Waals surface area contributed by atoms with Crippen molar-refractivity contribution < 1.29 is 19.1 Å². The van der Waals surface area contributed by atoms with Gasteiger partial charge in [-0.25, -0.2) is 0 Å². The standard InChI is InChI=1S/C20H31NO4S/c1-4-5-10-26-13-15-11-16(25-14(15)2)19(23)21-8-6-20(7-9-21)17(22)12-18(20)24-3/h11,17-18,22H,4-10,12-13H2,1-3H3/t17-,18+/m0/s1. The Kier molecular flexibility index (Phi) is 6.36. The summed E-state index contributed by atoms with van der Waals surface area (Å²) in [7, 11) is 1.71. The van der Waals surface area contributed by atoms with Crippen LogP contribution in [0, 0.1) is 12.3 Å². The Hall–Kier alpha value is -0.980. The van der Waals surface area contributed by atoms with E-state index in [0.29, 0.717) is 25.3 Å². The fraction of sp³-hybridized carbons (Fsp3) is 0.750. The zero-order chi connectivity index (χ0) is 18.7. The first-order valence-electron chi connectivity index (χ1n) is 9.69. The van der Waals surface area contributed by atoms with E-state index in [1.54, 1.807) is 7.11 Å². The lowest BCUT2D eigenvalue weighted by molar-refractivity contribution is -0.199. The molecule has 6 heteroatoms. The summed E-state index contributed by atoms with van der Waals surface area (Å²) >= 11 is 1.89. The van der Waals surface area contributed by atoms with E-state index in [2.05, 4.69) is 6.92 Å². The van der Waals surface area contributed by atoms with Crippen LogP contribution in [0.15, 0.2) is 10.5 Å². The molecule has 26 heavy (non-hydrogen) atoms. The molecule has 1 aromatic rings. The molecule has 1 saturated carbocycles. The van der Waals surface area contributed by atoms with Crippen LogP contribution >= 0.6 is 11.8 Å². The van der Waals surface area contributed by atoms with Gasteiger partial charge in [0, 0.05) is 43.4 Å². The minimum absolute atomic E-state index is 0.0319. The minimum atomic E-state index is -0.303. The van der Waals surface area contributed by atoms with Gasteiger partial charge in [0.1, 0.15) is 5.76 Å². The largest absolute Gasteiger partial charge is 0.456 e. The van der Waals surface area contributed by atoms with Crippen molar-refractivity contribution in [3.8, 4) is 0 Å². The highest BCUT2D eigenvalue weighted by atomic mass is 32.2. The van der Waals surface area contributed by atoms with Gasteiger partial charge in [-0.2, -0.15) is 11.8 Å². The zero-order valence-electron chi connectivity index (χ0n) is 16.1. The Bertz CT molecular complexity index is 621. The number of thioether (sulfide) groups is 1. The monoisotopic (exact) mass is 381 g/mol. The average molecular weight is 382 g/mol. The molecular formula is C20H31NO4S. The van der Waals surface area contributed by atoms with E-state index in [-0.39, 0.29) is 23.5 Å². The van der Waals surface area contributed by atoms with E-state index in [1.807, 2.05) is 29.7 Å². The van der Waals surface area contributed by atoms with Crippen molar-refractivity contribution in [2.45, 2.75) is 63.9 Å². The van der Waals surface area contributed by atoms with E-state index in [4.69, 9.17) is 9.15 Å². The molecule has 0 unspecified atom stereocenters. The van der Waals surface area contributed by atoms with Crippen molar-refractivity contribution in [1.29, 1.82) is 0 Å². The summed E-state index contributed by atoms with van der Waals surface area (Å²) in [6.45, 7) is 5.43. The van der Waals surface area contributed by atoms with Gasteiger partial charge in [-0.15, -0.1) is 0 Å². The number of hydrogen-bond donors (Lipinski definition) is 1. The number of aliphatic hydroxyl groups is 1. The van der Waals surface area contributed by atoms with E-state index in [1.165, 1.54) is 12.8 Å². The minimum Gasteiger partial charge on any atom is -0.456 e. The second-order valence-corrected chi connectivity index (χ2v) is 8.70. The molecule has 1 aliphatic carbocycles. The van der Waals surface area contributed by atoms with Crippen LogP contribution in [0.25, 0.3) is 0 Å². The molecule has 1 aliphatic heterocycles. The molecule has 1 N–H and O–H groups in total. The first-order chi connectivity index (χ1) is 12.5. The highest BCUT2D eigenvalue weighted by Crippen LogP contribution is 2.50. The van der Waals surface area contributed by atoms with Crippen molar-refractivity contribution in [3.63, 3.8) is 0 Å². The predicted molar refractivity (Wildman–Crippen MR) is 104 cm³/mol. The lowest BCUT2D eigenvalue weighted by Gasteiger charge is -2.56. The number of methoxy groups -OCH3 is 1. The Morgan fingerprint density at radius 3 is 2.81 bits per heavy atom. The van der Waals surface area contributed by atoms with Crippen molar-refractivity contribution in [1.82, 2.24) is 4.90 Å². The predicted octanol–water partition coefficient (Wildman–Crippen LogP) is 3.62. The van der Waals surface area contributed by atoms with Crippen LogP contribution in [0.4, 0.5) is 0 Å². The summed E-state index contributed by atoms with van der Waals surface area (Å²) in [4.78, 5) is 14.7. The van der Waals surface area contributed by atoms with Crippen molar-refractivity contribution in [3.05, 3.63) is 23.2 Å². The molecule has 0 radical (unpaired) electrons. The van der Waals surface area contributed by atoms with Gasteiger partial charge in [0.15, 0.2) is 5.76 Å². The molecule has 1 saturated heterocycles. The Labute approximate surface area is 160 Å². The van der Waals surface area contributed by atoms with Gasteiger partial charge in [0.2, 0.25) is 0 Å². The molecule has 3 rings (SSSR count). The number of rotatable bonds is 7. The maximum atomic E-state index is 12.8. The molecule has 2 atom stereocenters. The van der Waals surface area contributed by atoms with Crippen molar-refractivity contribution in [2.75, 3.05) is 26.0 Å². The number of aryl methyl sites for hydroxylation is 1. The third-order valence-corrected chi connectivity index (χ3v) is 7.23. The number of carbonyl (C=O) groups excluding carboxylic acids is 1. The Morgan fingerprint density at radius 2 is 2.19 bits per heavy atom. The molecule has 2 fully saturated rings. The molecule has 5 nitrogen and oxygen atoms in total. The number of piperidine rings is 1. The summed E-state index contributed by atoms with van der Waals surface area (Å²) in [5.74, 6) is 3.30. The van der Waals surface area contributed by atoms with E-state index < -0.39 is 0 Å². The summed E-state index contributed by atoms with van der Waals surface area (Å²) < 4.78 is 11.3. The number of amides is 1. The van der Waals surface area contributed by atoms with Crippen LogP contribution < -0.4 is 0 Å². The normalized spacial score (nSPS) is 24.7. The lowest BCUT2D eigenvalue weighted by atomic mass is 9.58. The average Bonchev–Trinajstić information content (AvgIpc) is 3.03. The van der Waals surface area contributed by atoms with Gasteiger partial charge in [-0.1, -0.05) is 13.3 Å². The van der Waals surface area contributed by atoms with Crippen molar-refractivity contribution >= 4 is 17.7 Å². The topological polar surface area (TPSA) is 62.9 Å². The maximum absolute atomic E-state index is 12.8. The third-order valence-electron chi connectivity index (χ3n) is 6.14. The second-order valence-electron chi connectivity index (χ2n) is 7.60. The Morgan fingerprint density at radius 1 is 1.46 bits per heavy atom. The van der Waals surface area contributed by atoms with Crippen LogP contribution in [0.3, 0.4) is 0 Å². The van der Waals surface area contributed by atoms with Crippen LogP contribution in [0.1, 0.15) is 60.9 Å². The van der Waals surface area contributed by atoms with Gasteiger partial charge in [-0.05, 0) is 38.0 Å². The number of unbranched alkanes of at least 4 members (excludes halogenated alkanes) is 1. The number of nitrogens with zero attached hydrogens (tertiary/aromatic N) is 1. The third kappa shape index (κ3) is 3.69. The van der Waals surface area contributed by atoms with E-state index in [0.717, 1.165) is 35.7 Å². The molecule has 0 aromatic carbocycles. The fourth-order valence-corrected chi connectivity index (χ4v) is 5.34. The summed E-state index contributed by atoms with van der Waals surface area (Å²) in [6.07, 6.45) is 4.53. The van der Waals surface area contributed by atoms with Gasteiger partial charge >= 0.3 is 0 Å². The smallest absolute Gasteiger partial charge is 0.289 e. The number of carbonyl (C=O) groups is 1. The summed E-state index contributed by atoms with van der Waals surface area (Å²) in [5.41, 5.74) is 0.961. The molecule has 1 aromatic heterocycles. The van der Waals surface area contributed by atoms with E-state index >= 15 is 0 Å². The lowest BCUT2D eigenvalue weighted by Crippen LogP contribution is -2.62. The van der Waals surface area contributed by atoms with Gasteiger partial charge in [0.25, 0.3) is 5.91 Å². The highest BCUT2D eigenvalue weighted by Gasteiger charge is 2.56. The molecule has 2 aliphatic rings.